The van der Waals surface area contributed by atoms with Gasteiger partial charge in [0.1, 0.15) is 17.5 Å². The Hall–Kier alpha value is -3.79. The first-order valence-electron chi connectivity index (χ1n) is 8.45. The van der Waals surface area contributed by atoms with Crippen molar-refractivity contribution in [1.82, 2.24) is 9.97 Å². The van der Waals surface area contributed by atoms with Crippen molar-refractivity contribution in [2.24, 2.45) is 0 Å². The van der Waals surface area contributed by atoms with Gasteiger partial charge in [-0.05, 0) is 42.8 Å². The molecule has 2 heterocycles. The SMILES string of the molecule is Cc1nc(NCc2ccc3c(c2)OCO3)cc(Nc2cccc(C#N)c2)n1. The molecular formula is C20H17N5O2. The second kappa shape index (κ2) is 7.22. The van der Waals surface area contributed by atoms with Gasteiger partial charge in [-0.1, -0.05) is 12.1 Å². The summed E-state index contributed by atoms with van der Waals surface area (Å²) in [7, 11) is 0. The number of nitrogens with zero attached hydrogens (tertiary/aromatic N) is 3. The van der Waals surface area contributed by atoms with Gasteiger partial charge in [0.2, 0.25) is 6.79 Å². The van der Waals surface area contributed by atoms with Crippen LogP contribution in [0.5, 0.6) is 11.5 Å². The number of ether oxygens (including phenoxy) is 2. The Balaban J connectivity index is 1.48. The summed E-state index contributed by atoms with van der Waals surface area (Å²) in [6.07, 6.45) is 0. The summed E-state index contributed by atoms with van der Waals surface area (Å²) in [5.41, 5.74) is 2.45. The summed E-state index contributed by atoms with van der Waals surface area (Å²) < 4.78 is 10.7. The molecule has 27 heavy (non-hydrogen) atoms. The van der Waals surface area contributed by atoms with Crippen LogP contribution in [0, 0.1) is 18.3 Å². The van der Waals surface area contributed by atoms with Crippen molar-refractivity contribution >= 4 is 17.3 Å². The molecule has 4 rings (SSSR count). The summed E-state index contributed by atoms with van der Waals surface area (Å²) in [5, 5.41) is 15.5. The van der Waals surface area contributed by atoms with E-state index in [1.165, 1.54) is 0 Å². The number of aryl methyl sites for hydroxylation is 1. The van der Waals surface area contributed by atoms with Gasteiger partial charge in [-0.3, -0.25) is 0 Å². The Morgan fingerprint density at radius 3 is 2.78 bits per heavy atom. The van der Waals surface area contributed by atoms with E-state index in [9.17, 15) is 0 Å². The highest BCUT2D eigenvalue weighted by Crippen LogP contribution is 2.32. The highest BCUT2D eigenvalue weighted by atomic mass is 16.7. The number of aromatic nitrogens is 2. The quantitative estimate of drug-likeness (QED) is 0.717. The van der Waals surface area contributed by atoms with Crippen LogP contribution in [0.25, 0.3) is 0 Å². The maximum absolute atomic E-state index is 9.02. The lowest BCUT2D eigenvalue weighted by Gasteiger charge is -2.11. The standard InChI is InChI=1S/C20H17N5O2/c1-13-23-19(22-11-15-5-6-17-18(8-15)27-12-26-17)9-20(24-13)25-16-4-2-3-14(7-16)10-21/h2-9H,11-12H2,1H3,(H2,22,23,24,25). The first-order valence-corrected chi connectivity index (χ1v) is 8.45. The number of hydrogen-bond donors (Lipinski definition) is 2. The van der Waals surface area contributed by atoms with Crippen LogP contribution in [-0.4, -0.2) is 16.8 Å². The van der Waals surface area contributed by atoms with E-state index >= 15 is 0 Å². The van der Waals surface area contributed by atoms with Crippen LogP contribution in [-0.2, 0) is 6.54 Å². The van der Waals surface area contributed by atoms with E-state index in [-0.39, 0.29) is 6.79 Å². The predicted molar refractivity (Wildman–Crippen MR) is 101 cm³/mol. The van der Waals surface area contributed by atoms with Crippen molar-refractivity contribution in [2.45, 2.75) is 13.5 Å². The minimum absolute atomic E-state index is 0.263. The maximum Gasteiger partial charge on any atom is 0.231 e. The summed E-state index contributed by atoms with van der Waals surface area (Å²) >= 11 is 0. The van der Waals surface area contributed by atoms with Gasteiger partial charge >= 0.3 is 0 Å². The molecule has 0 spiro atoms. The van der Waals surface area contributed by atoms with Crippen molar-refractivity contribution in [3.05, 3.63) is 65.5 Å². The molecule has 0 saturated carbocycles. The molecule has 1 aliphatic heterocycles. The maximum atomic E-state index is 9.02. The van der Waals surface area contributed by atoms with Crippen molar-refractivity contribution in [1.29, 1.82) is 5.26 Å². The van der Waals surface area contributed by atoms with Crippen LogP contribution < -0.4 is 20.1 Å². The molecule has 0 saturated heterocycles. The number of hydrogen-bond acceptors (Lipinski definition) is 7. The Bertz CT molecular complexity index is 1030. The van der Waals surface area contributed by atoms with E-state index in [1.807, 2.05) is 43.3 Å². The van der Waals surface area contributed by atoms with Crippen LogP contribution in [0.15, 0.2) is 48.5 Å². The van der Waals surface area contributed by atoms with Gasteiger partial charge < -0.3 is 20.1 Å². The van der Waals surface area contributed by atoms with Gasteiger partial charge in [0.15, 0.2) is 11.5 Å². The van der Waals surface area contributed by atoms with Gasteiger partial charge in [-0.25, -0.2) is 9.97 Å². The zero-order valence-corrected chi connectivity index (χ0v) is 14.7. The highest BCUT2D eigenvalue weighted by molar-refractivity contribution is 5.61. The molecule has 3 aromatic rings. The predicted octanol–water partition coefficient (Wildman–Crippen LogP) is 3.74. The fraction of sp³-hybridized carbons (Fsp3) is 0.150. The fourth-order valence-electron chi connectivity index (χ4n) is 2.78. The van der Waals surface area contributed by atoms with Crippen LogP contribution >= 0.6 is 0 Å². The lowest BCUT2D eigenvalue weighted by Crippen LogP contribution is -2.05. The zero-order chi connectivity index (χ0) is 18.6. The molecular weight excluding hydrogens is 342 g/mol. The molecule has 0 unspecified atom stereocenters. The van der Waals surface area contributed by atoms with Crippen molar-refractivity contribution in [3.8, 4) is 17.6 Å². The molecule has 2 aromatic carbocycles. The average Bonchev–Trinajstić information content (AvgIpc) is 3.14. The van der Waals surface area contributed by atoms with Crippen LogP contribution in [0.4, 0.5) is 17.3 Å². The fourth-order valence-corrected chi connectivity index (χ4v) is 2.78. The third kappa shape index (κ3) is 3.90. The van der Waals surface area contributed by atoms with Crippen LogP contribution in [0.2, 0.25) is 0 Å². The Kier molecular flexibility index (Phi) is 4.45. The lowest BCUT2D eigenvalue weighted by molar-refractivity contribution is 0.174. The number of nitriles is 1. The molecule has 7 nitrogen and oxygen atoms in total. The van der Waals surface area contributed by atoms with Gasteiger partial charge in [-0.2, -0.15) is 5.26 Å². The minimum Gasteiger partial charge on any atom is -0.454 e. The largest absolute Gasteiger partial charge is 0.454 e. The lowest BCUT2D eigenvalue weighted by atomic mass is 10.2. The number of anilines is 3. The van der Waals surface area contributed by atoms with Gasteiger partial charge in [-0.15, -0.1) is 0 Å². The normalized spacial score (nSPS) is 11.7. The van der Waals surface area contributed by atoms with Crippen LogP contribution in [0.3, 0.4) is 0 Å². The molecule has 1 aromatic heterocycles. The molecule has 7 heteroatoms. The number of rotatable bonds is 5. The van der Waals surface area contributed by atoms with E-state index in [4.69, 9.17) is 14.7 Å². The third-order valence-corrected chi connectivity index (χ3v) is 4.01. The van der Waals surface area contributed by atoms with Gasteiger partial charge in [0.05, 0.1) is 11.6 Å². The van der Waals surface area contributed by atoms with Gasteiger partial charge in [0.25, 0.3) is 0 Å². The summed E-state index contributed by atoms with van der Waals surface area (Å²) in [5.74, 6) is 3.53. The van der Waals surface area contributed by atoms with Crippen molar-refractivity contribution in [3.63, 3.8) is 0 Å². The Morgan fingerprint density at radius 1 is 1.04 bits per heavy atom. The number of fused-ring (bicyclic) bond motifs is 1. The Labute approximate surface area is 156 Å². The number of benzene rings is 2. The van der Waals surface area contributed by atoms with Crippen LogP contribution in [0.1, 0.15) is 17.0 Å². The molecule has 0 atom stereocenters. The molecule has 0 fully saturated rings. The Morgan fingerprint density at radius 2 is 1.89 bits per heavy atom. The summed E-state index contributed by atoms with van der Waals surface area (Å²) in [6, 6.07) is 17.1. The molecule has 0 radical (unpaired) electrons. The molecule has 1 aliphatic rings. The molecule has 2 N–H and O–H groups in total. The third-order valence-electron chi connectivity index (χ3n) is 4.01. The summed E-state index contributed by atoms with van der Waals surface area (Å²) in [4.78, 5) is 8.83. The number of nitrogens with one attached hydrogen (secondary N) is 2. The van der Waals surface area contributed by atoms with Crippen molar-refractivity contribution in [2.75, 3.05) is 17.4 Å². The minimum atomic E-state index is 0.263. The smallest absolute Gasteiger partial charge is 0.231 e. The van der Waals surface area contributed by atoms with E-state index in [2.05, 4.69) is 26.7 Å². The topological polar surface area (TPSA) is 92.1 Å². The molecule has 134 valence electrons. The van der Waals surface area contributed by atoms with E-state index < -0.39 is 0 Å². The zero-order valence-electron chi connectivity index (χ0n) is 14.7. The first kappa shape index (κ1) is 16.7. The first-order chi connectivity index (χ1) is 13.2. The molecule has 0 bridgehead atoms. The second-order valence-corrected chi connectivity index (χ2v) is 6.04. The second-order valence-electron chi connectivity index (χ2n) is 6.04. The highest BCUT2D eigenvalue weighted by Gasteiger charge is 2.13. The average molecular weight is 359 g/mol. The molecule has 0 amide bonds. The summed E-state index contributed by atoms with van der Waals surface area (Å²) in [6.45, 7) is 2.69. The van der Waals surface area contributed by atoms with E-state index in [1.54, 1.807) is 12.1 Å². The molecule has 0 aliphatic carbocycles. The van der Waals surface area contributed by atoms with E-state index in [0.29, 0.717) is 29.6 Å². The van der Waals surface area contributed by atoms with Crippen molar-refractivity contribution < 1.29 is 9.47 Å². The monoisotopic (exact) mass is 359 g/mol. The van der Waals surface area contributed by atoms with Gasteiger partial charge in [0, 0.05) is 18.3 Å². The van der Waals surface area contributed by atoms with E-state index in [0.717, 1.165) is 22.7 Å².